The minimum absolute atomic E-state index is 0.198. The fraction of sp³-hybridized carbons (Fsp3) is 0.500. The molecule has 13 heavy (non-hydrogen) atoms. The molecule has 1 aromatic rings. The summed E-state index contributed by atoms with van der Waals surface area (Å²) in [6.45, 7) is -1.53. The van der Waals surface area contributed by atoms with Crippen LogP contribution in [0.15, 0.2) is 10.7 Å². The highest BCUT2D eigenvalue weighted by Gasteiger charge is 2.28. The molecule has 7 heteroatoms. The molecule has 0 radical (unpaired) electrons. The van der Waals surface area contributed by atoms with Gasteiger partial charge in [0.05, 0.1) is 11.1 Å². The van der Waals surface area contributed by atoms with E-state index in [9.17, 15) is 13.2 Å². The van der Waals surface area contributed by atoms with E-state index in [0.717, 1.165) is 4.68 Å². The molecule has 0 unspecified atom stereocenters. The Labute approximate surface area is 80.3 Å². The number of nitrogens with zero attached hydrogens (tertiary/aromatic N) is 2. The molecule has 1 heterocycles. The van der Waals surface area contributed by atoms with E-state index in [-0.39, 0.29) is 12.3 Å². The van der Waals surface area contributed by atoms with Crippen molar-refractivity contribution in [3.05, 3.63) is 16.4 Å². The standard InChI is InChI=1S/C6H6BrF3N2O/c7-4-1-12(3-6(8,9)10)11-5(4)2-13/h1,13H,2-3H2. The van der Waals surface area contributed by atoms with Gasteiger partial charge in [-0.2, -0.15) is 18.3 Å². The molecule has 1 N–H and O–H groups in total. The Kier molecular flexibility index (Phi) is 2.97. The lowest BCUT2D eigenvalue weighted by Crippen LogP contribution is -2.18. The third-order valence-electron chi connectivity index (χ3n) is 1.28. The average molecular weight is 259 g/mol. The molecule has 0 aliphatic rings. The van der Waals surface area contributed by atoms with Crippen LogP contribution in [-0.2, 0) is 13.2 Å². The van der Waals surface area contributed by atoms with Gasteiger partial charge in [-0.3, -0.25) is 4.68 Å². The van der Waals surface area contributed by atoms with E-state index in [4.69, 9.17) is 5.11 Å². The second-order valence-corrected chi connectivity index (χ2v) is 3.25. The number of rotatable bonds is 2. The van der Waals surface area contributed by atoms with Crippen LogP contribution in [0.25, 0.3) is 0 Å². The van der Waals surface area contributed by atoms with Crippen molar-refractivity contribution in [3.8, 4) is 0 Å². The van der Waals surface area contributed by atoms with Gasteiger partial charge >= 0.3 is 6.18 Å². The highest BCUT2D eigenvalue weighted by atomic mass is 79.9. The predicted molar refractivity (Wildman–Crippen MR) is 41.9 cm³/mol. The molecular weight excluding hydrogens is 253 g/mol. The van der Waals surface area contributed by atoms with Gasteiger partial charge in [-0.05, 0) is 15.9 Å². The lowest BCUT2D eigenvalue weighted by atomic mass is 10.5. The minimum atomic E-state index is -4.29. The van der Waals surface area contributed by atoms with Crippen molar-refractivity contribution in [1.82, 2.24) is 9.78 Å². The fourth-order valence-electron chi connectivity index (χ4n) is 0.809. The quantitative estimate of drug-likeness (QED) is 0.877. The summed E-state index contributed by atoms with van der Waals surface area (Å²) < 4.78 is 36.6. The molecule has 0 atom stereocenters. The van der Waals surface area contributed by atoms with Gasteiger partial charge in [0.1, 0.15) is 12.2 Å². The summed E-state index contributed by atoms with van der Waals surface area (Å²) in [6, 6.07) is 0. The highest BCUT2D eigenvalue weighted by Crippen LogP contribution is 2.20. The zero-order valence-electron chi connectivity index (χ0n) is 6.35. The molecule has 3 nitrogen and oxygen atoms in total. The van der Waals surface area contributed by atoms with Gasteiger partial charge in [-0.1, -0.05) is 0 Å². The van der Waals surface area contributed by atoms with Gasteiger partial charge in [0, 0.05) is 6.20 Å². The van der Waals surface area contributed by atoms with Gasteiger partial charge in [0.15, 0.2) is 0 Å². The van der Waals surface area contributed by atoms with Crippen LogP contribution in [0.3, 0.4) is 0 Å². The van der Waals surface area contributed by atoms with Crippen molar-refractivity contribution in [2.24, 2.45) is 0 Å². The predicted octanol–water partition coefficient (Wildman–Crippen LogP) is 1.70. The lowest BCUT2D eigenvalue weighted by molar-refractivity contribution is -0.142. The molecule has 1 aromatic heterocycles. The molecule has 0 bridgehead atoms. The number of aliphatic hydroxyl groups excluding tert-OH is 1. The Morgan fingerprint density at radius 1 is 1.54 bits per heavy atom. The van der Waals surface area contributed by atoms with Gasteiger partial charge in [0.2, 0.25) is 0 Å². The molecule has 0 aliphatic heterocycles. The van der Waals surface area contributed by atoms with E-state index in [1.165, 1.54) is 6.20 Å². The monoisotopic (exact) mass is 258 g/mol. The number of aliphatic hydroxyl groups is 1. The average Bonchev–Trinajstić information content (AvgIpc) is 2.26. The van der Waals surface area contributed by atoms with Crippen LogP contribution in [0.1, 0.15) is 5.69 Å². The Hall–Kier alpha value is -0.560. The smallest absolute Gasteiger partial charge is 0.390 e. The fourth-order valence-corrected chi connectivity index (χ4v) is 1.25. The summed E-state index contributed by atoms with van der Waals surface area (Å²) in [5.41, 5.74) is 0.198. The summed E-state index contributed by atoms with van der Waals surface area (Å²) in [6.07, 6.45) is -3.11. The van der Waals surface area contributed by atoms with E-state index in [1.807, 2.05) is 0 Å². The van der Waals surface area contributed by atoms with Crippen LogP contribution in [-0.4, -0.2) is 21.1 Å². The van der Waals surface area contributed by atoms with Crippen molar-refractivity contribution in [3.63, 3.8) is 0 Å². The molecule has 0 aromatic carbocycles. The van der Waals surface area contributed by atoms with Gasteiger partial charge in [0.25, 0.3) is 0 Å². The van der Waals surface area contributed by atoms with Crippen molar-refractivity contribution < 1.29 is 18.3 Å². The normalized spacial score (nSPS) is 12.1. The summed E-state index contributed by atoms with van der Waals surface area (Å²) in [5, 5.41) is 12.2. The topological polar surface area (TPSA) is 38.1 Å². The Morgan fingerprint density at radius 2 is 2.15 bits per heavy atom. The first-order chi connectivity index (χ1) is 5.92. The van der Waals surface area contributed by atoms with E-state index < -0.39 is 12.7 Å². The van der Waals surface area contributed by atoms with Gasteiger partial charge < -0.3 is 5.11 Å². The second kappa shape index (κ2) is 3.67. The molecule has 0 saturated heterocycles. The molecule has 0 saturated carbocycles. The number of aromatic nitrogens is 2. The molecule has 74 valence electrons. The van der Waals surface area contributed by atoms with Crippen LogP contribution < -0.4 is 0 Å². The van der Waals surface area contributed by atoms with Crippen LogP contribution in [0.2, 0.25) is 0 Å². The molecule has 0 fully saturated rings. The molecular formula is C6H6BrF3N2O. The van der Waals surface area contributed by atoms with E-state index in [2.05, 4.69) is 21.0 Å². The van der Waals surface area contributed by atoms with Crippen LogP contribution in [0.4, 0.5) is 13.2 Å². The summed E-state index contributed by atoms with van der Waals surface area (Å²) in [4.78, 5) is 0. The van der Waals surface area contributed by atoms with E-state index in [0.29, 0.717) is 4.47 Å². The summed E-state index contributed by atoms with van der Waals surface area (Å²) in [7, 11) is 0. The Balaban J connectivity index is 2.80. The largest absolute Gasteiger partial charge is 0.408 e. The molecule has 1 rings (SSSR count). The molecule has 0 aliphatic carbocycles. The second-order valence-electron chi connectivity index (χ2n) is 2.39. The van der Waals surface area contributed by atoms with Crippen LogP contribution in [0.5, 0.6) is 0 Å². The first-order valence-electron chi connectivity index (χ1n) is 3.32. The molecule has 0 amide bonds. The van der Waals surface area contributed by atoms with Crippen molar-refractivity contribution >= 4 is 15.9 Å². The van der Waals surface area contributed by atoms with Gasteiger partial charge in [-0.25, -0.2) is 0 Å². The van der Waals surface area contributed by atoms with Crippen molar-refractivity contribution in [1.29, 1.82) is 0 Å². The maximum atomic E-state index is 11.8. The zero-order valence-corrected chi connectivity index (χ0v) is 7.93. The van der Waals surface area contributed by atoms with Crippen LogP contribution in [0, 0.1) is 0 Å². The van der Waals surface area contributed by atoms with E-state index in [1.54, 1.807) is 0 Å². The highest BCUT2D eigenvalue weighted by molar-refractivity contribution is 9.10. The summed E-state index contributed by atoms with van der Waals surface area (Å²) in [5.74, 6) is 0. The zero-order chi connectivity index (χ0) is 10.1. The minimum Gasteiger partial charge on any atom is -0.390 e. The third kappa shape index (κ3) is 3.00. The first-order valence-corrected chi connectivity index (χ1v) is 4.11. The maximum Gasteiger partial charge on any atom is 0.408 e. The Bertz CT molecular complexity index is 297. The Morgan fingerprint density at radius 3 is 2.54 bits per heavy atom. The summed E-state index contributed by atoms with van der Waals surface area (Å²) >= 11 is 2.97. The van der Waals surface area contributed by atoms with Crippen molar-refractivity contribution in [2.75, 3.05) is 0 Å². The van der Waals surface area contributed by atoms with E-state index >= 15 is 0 Å². The van der Waals surface area contributed by atoms with Gasteiger partial charge in [-0.15, -0.1) is 0 Å². The number of halogens is 4. The number of alkyl halides is 3. The lowest BCUT2D eigenvalue weighted by Gasteiger charge is -2.04. The first kappa shape index (κ1) is 10.5. The maximum absolute atomic E-state index is 11.8. The SMILES string of the molecule is OCc1nn(CC(F)(F)F)cc1Br. The number of hydrogen-bond donors (Lipinski definition) is 1. The van der Waals surface area contributed by atoms with Crippen molar-refractivity contribution in [2.45, 2.75) is 19.3 Å². The van der Waals surface area contributed by atoms with Crippen LogP contribution >= 0.6 is 15.9 Å². The number of hydrogen-bond acceptors (Lipinski definition) is 2. The third-order valence-corrected chi connectivity index (χ3v) is 1.94. The molecule has 0 spiro atoms.